The van der Waals surface area contributed by atoms with Crippen LogP contribution in [0.25, 0.3) is 0 Å². The number of furan rings is 1. The second kappa shape index (κ2) is 5.30. The zero-order chi connectivity index (χ0) is 15.1. The SMILES string of the molecule is Cc1cnn([C@@H]2CCCN(C(=O)[C@@H]3C[C@H]3c3ccco3)C2)c1. The third-order valence-corrected chi connectivity index (χ3v) is 4.83. The Morgan fingerprint density at radius 2 is 2.36 bits per heavy atom. The normalized spacial score (nSPS) is 27.9. The first-order valence-corrected chi connectivity index (χ1v) is 8.05. The van der Waals surface area contributed by atoms with Gasteiger partial charge in [-0.2, -0.15) is 5.10 Å². The molecule has 1 saturated carbocycles. The molecule has 2 fully saturated rings. The zero-order valence-corrected chi connectivity index (χ0v) is 12.8. The Kier molecular flexibility index (Phi) is 3.28. The van der Waals surface area contributed by atoms with Gasteiger partial charge in [0.2, 0.25) is 5.91 Å². The fourth-order valence-electron chi connectivity index (χ4n) is 3.52. The molecule has 5 heteroatoms. The van der Waals surface area contributed by atoms with E-state index in [-0.39, 0.29) is 17.7 Å². The van der Waals surface area contributed by atoms with Crippen molar-refractivity contribution in [2.24, 2.45) is 5.92 Å². The van der Waals surface area contributed by atoms with Gasteiger partial charge in [0.1, 0.15) is 5.76 Å². The monoisotopic (exact) mass is 299 g/mol. The summed E-state index contributed by atoms with van der Waals surface area (Å²) in [6.45, 7) is 3.70. The van der Waals surface area contributed by atoms with Crippen LogP contribution < -0.4 is 0 Å². The van der Waals surface area contributed by atoms with Crippen LogP contribution in [0.3, 0.4) is 0 Å². The largest absolute Gasteiger partial charge is 0.469 e. The second-order valence-corrected chi connectivity index (χ2v) is 6.54. The zero-order valence-electron chi connectivity index (χ0n) is 12.8. The molecule has 0 N–H and O–H groups in total. The minimum atomic E-state index is 0.115. The number of hydrogen-bond acceptors (Lipinski definition) is 3. The minimum absolute atomic E-state index is 0.115. The summed E-state index contributed by atoms with van der Waals surface area (Å²) in [7, 11) is 0. The lowest BCUT2D eigenvalue weighted by atomic mass is 10.0. The molecular formula is C17H21N3O2. The van der Waals surface area contributed by atoms with Crippen molar-refractivity contribution < 1.29 is 9.21 Å². The molecule has 22 heavy (non-hydrogen) atoms. The third kappa shape index (κ3) is 2.45. The van der Waals surface area contributed by atoms with Gasteiger partial charge in [0.05, 0.1) is 18.5 Å². The van der Waals surface area contributed by atoms with Crippen molar-refractivity contribution in [3.05, 3.63) is 42.1 Å². The van der Waals surface area contributed by atoms with E-state index in [1.165, 1.54) is 5.56 Å². The molecule has 5 nitrogen and oxygen atoms in total. The average molecular weight is 299 g/mol. The molecule has 2 aliphatic rings. The van der Waals surface area contributed by atoms with Crippen LogP contribution in [0, 0.1) is 12.8 Å². The number of carbonyl (C=O) groups excluding carboxylic acids is 1. The lowest BCUT2D eigenvalue weighted by Crippen LogP contribution is -2.41. The Bertz CT molecular complexity index is 661. The van der Waals surface area contributed by atoms with E-state index in [1.807, 2.05) is 34.8 Å². The van der Waals surface area contributed by atoms with Gasteiger partial charge in [0, 0.05) is 31.1 Å². The Labute approximate surface area is 129 Å². The molecule has 1 amide bonds. The molecule has 0 aromatic carbocycles. The van der Waals surface area contributed by atoms with Crippen molar-refractivity contribution >= 4 is 5.91 Å². The number of aryl methyl sites for hydroxylation is 1. The average Bonchev–Trinajstić information content (AvgIpc) is 2.95. The van der Waals surface area contributed by atoms with E-state index in [9.17, 15) is 4.79 Å². The molecule has 1 aliphatic carbocycles. The van der Waals surface area contributed by atoms with Crippen molar-refractivity contribution in [2.45, 2.75) is 38.1 Å². The van der Waals surface area contributed by atoms with E-state index in [0.717, 1.165) is 38.1 Å². The number of likely N-dealkylation sites (tertiary alicyclic amines) is 1. The lowest BCUT2D eigenvalue weighted by molar-refractivity contribution is -0.134. The Hall–Kier alpha value is -2.04. The molecule has 3 atom stereocenters. The maximum Gasteiger partial charge on any atom is 0.226 e. The summed E-state index contributed by atoms with van der Waals surface area (Å²) in [6, 6.07) is 4.18. The highest BCUT2D eigenvalue weighted by atomic mass is 16.3. The van der Waals surface area contributed by atoms with Crippen LogP contribution in [0.1, 0.15) is 42.5 Å². The maximum absolute atomic E-state index is 12.7. The first-order valence-electron chi connectivity index (χ1n) is 8.05. The molecule has 4 rings (SSSR count). The van der Waals surface area contributed by atoms with Crippen LogP contribution in [-0.4, -0.2) is 33.7 Å². The van der Waals surface area contributed by atoms with Crippen LogP contribution in [-0.2, 0) is 4.79 Å². The maximum atomic E-state index is 12.7. The van der Waals surface area contributed by atoms with Gasteiger partial charge >= 0.3 is 0 Å². The number of nitrogens with zero attached hydrogens (tertiary/aromatic N) is 3. The summed E-state index contributed by atoms with van der Waals surface area (Å²) >= 11 is 0. The molecule has 3 heterocycles. The van der Waals surface area contributed by atoms with Gasteiger partial charge < -0.3 is 9.32 Å². The summed E-state index contributed by atoms with van der Waals surface area (Å²) in [6.07, 6.45) is 8.71. The quantitative estimate of drug-likeness (QED) is 0.875. The van der Waals surface area contributed by atoms with E-state index in [2.05, 4.69) is 11.3 Å². The molecule has 0 radical (unpaired) electrons. The second-order valence-electron chi connectivity index (χ2n) is 6.54. The fourth-order valence-corrected chi connectivity index (χ4v) is 3.52. The summed E-state index contributed by atoms with van der Waals surface area (Å²) in [5.74, 6) is 1.64. The lowest BCUT2D eigenvalue weighted by Gasteiger charge is -2.33. The number of amides is 1. The number of carbonyl (C=O) groups is 1. The van der Waals surface area contributed by atoms with Crippen LogP contribution >= 0.6 is 0 Å². The summed E-state index contributed by atoms with van der Waals surface area (Å²) in [5.41, 5.74) is 1.17. The molecule has 2 aromatic rings. The van der Waals surface area contributed by atoms with E-state index in [0.29, 0.717) is 6.04 Å². The minimum Gasteiger partial charge on any atom is -0.469 e. The number of piperidine rings is 1. The van der Waals surface area contributed by atoms with Gasteiger partial charge in [-0.05, 0) is 43.9 Å². The highest BCUT2D eigenvalue weighted by Crippen LogP contribution is 2.49. The van der Waals surface area contributed by atoms with Crippen molar-refractivity contribution in [1.82, 2.24) is 14.7 Å². The smallest absolute Gasteiger partial charge is 0.226 e. The summed E-state index contributed by atoms with van der Waals surface area (Å²) in [4.78, 5) is 14.7. The molecule has 116 valence electrons. The predicted molar refractivity (Wildman–Crippen MR) is 81.4 cm³/mol. The molecule has 2 aromatic heterocycles. The molecule has 1 saturated heterocycles. The number of hydrogen-bond donors (Lipinski definition) is 0. The fraction of sp³-hybridized carbons (Fsp3) is 0.529. The number of rotatable bonds is 3. The van der Waals surface area contributed by atoms with Gasteiger partial charge in [-0.1, -0.05) is 0 Å². The first kappa shape index (κ1) is 13.6. The predicted octanol–water partition coefficient (Wildman–Crippen LogP) is 2.75. The van der Waals surface area contributed by atoms with E-state index >= 15 is 0 Å². The first-order chi connectivity index (χ1) is 10.7. The molecule has 0 unspecified atom stereocenters. The standard InChI is InChI=1S/C17H21N3O2/c1-12-9-18-20(10-12)13-4-2-6-19(11-13)17(21)15-8-14(15)16-5-3-7-22-16/h3,5,7,9-10,13-15H,2,4,6,8,11H2,1H3/t13-,14-,15-/m1/s1. The van der Waals surface area contributed by atoms with Crippen LogP contribution in [0.4, 0.5) is 0 Å². The topological polar surface area (TPSA) is 51.3 Å². The van der Waals surface area contributed by atoms with E-state index in [4.69, 9.17) is 4.42 Å². The Morgan fingerprint density at radius 3 is 3.09 bits per heavy atom. The highest BCUT2D eigenvalue weighted by molar-refractivity contribution is 5.83. The highest BCUT2D eigenvalue weighted by Gasteiger charge is 2.48. The Morgan fingerprint density at radius 1 is 1.45 bits per heavy atom. The van der Waals surface area contributed by atoms with Gasteiger partial charge in [0.25, 0.3) is 0 Å². The third-order valence-electron chi connectivity index (χ3n) is 4.83. The van der Waals surface area contributed by atoms with Crippen LogP contribution in [0.2, 0.25) is 0 Å². The van der Waals surface area contributed by atoms with Gasteiger partial charge in [-0.3, -0.25) is 9.48 Å². The summed E-state index contributed by atoms with van der Waals surface area (Å²) in [5, 5.41) is 4.41. The van der Waals surface area contributed by atoms with Gasteiger partial charge in [-0.15, -0.1) is 0 Å². The van der Waals surface area contributed by atoms with E-state index in [1.54, 1.807) is 6.26 Å². The van der Waals surface area contributed by atoms with Crippen molar-refractivity contribution in [3.8, 4) is 0 Å². The summed E-state index contributed by atoms with van der Waals surface area (Å²) < 4.78 is 7.45. The van der Waals surface area contributed by atoms with Crippen LogP contribution in [0.5, 0.6) is 0 Å². The van der Waals surface area contributed by atoms with Crippen molar-refractivity contribution in [1.29, 1.82) is 0 Å². The number of aromatic nitrogens is 2. The van der Waals surface area contributed by atoms with Gasteiger partial charge in [0.15, 0.2) is 0 Å². The van der Waals surface area contributed by atoms with Gasteiger partial charge in [-0.25, -0.2) is 0 Å². The van der Waals surface area contributed by atoms with Crippen molar-refractivity contribution in [2.75, 3.05) is 13.1 Å². The van der Waals surface area contributed by atoms with Crippen LogP contribution in [0.15, 0.2) is 35.2 Å². The molecule has 1 aliphatic heterocycles. The molecule has 0 bridgehead atoms. The Balaban J connectivity index is 1.41. The molecule has 0 spiro atoms. The van der Waals surface area contributed by atoms with E-state index < -0.39 is 0 Å². The van der Waals surface area contributed by atoms with Crippen molar-refractivity contribution in [3.63, 3.8) is 0 Å². The molecular weight excluding hydrogens is 278 g/mol.